The highest BCUT2D eigenvalue weighted by atomic mass is 32.2. The Morgan fingerprint density at radius 1 is 1.18 bits per heavy atom. The number of aromatic hydroxyl groups is 1. The summed E-state index contributed by atoms with van der Waals surface area (Å²) >= 11 is 0. The van der Waals surface area contributed by atoms with Crippen molar-refractivity contribution in [2.75, 3.05) is 18.4 Å². The van der Waals surface area contributed by atoms with Gasteiger partial charge in [0.15, 0.2) is 0 Å². The maximum Gasteiger partial charge on any atom is 0.273 e. The number of piperidine rings is 1. The van der Waals surface area contributed by atoms with Crippen molar-refractivity contribution in [3.8, 4) is 17.0 Å². The highest BCUT2D eigenvalue weighted by molar-refractivity contribution is 7.89. The number of nitrogens with zero attached hydrogens (tertiary/aromatic N) is 2. The summed E-state index contributed by atoms with van der Waals surface area (Å²) in [6.07, 6.45) is 1.90. The zero-order chi connectivity index (χ0) is 23.8. The Kier molecular flexibility index (Phi) is 6.27. The number of benzene rings is 2. The van der Waals surface area contributed by atoms with Gasteiger partial charge in [-0.25, -0.2) is 8.42 Å². The third kappa shape index (κ3) is 4.65. The summed E-state index contributed by atoms with van der Waals surface area (Å²) in [6, 6.07) is 11.4. The van der Waals surface area contributed by atoms with Gasteiger partial charge in [0.1, 0.15) is 11.4 Å². The van der Waals surface area contributed by atoms with Crippen LogP contribution in [0.25, 0.3) is 11.3 Å². The van der Waals surface area contributed by atoms with E-state index < -0.39 is 15.9 Å². The number of rotatable bonds is 5. The lowest BCUT2D eigenvalue weighted by Gasteiger charge is -2.30. The quantitative estimate of drug-likeness (QED) is 0.522. The third-order valence-corrected chi connectivity index (χ3v) is 8.05. The number of hydrogen-bond donors (Lipinski definition) is 3. The molecule has 1 aliphatic heterocycles. The third-order valence-electron chi connectivity index (χ3n) is 6.17. The number of aromatic nitrogens is 2. The second kappa shape index (κ2) is 8.99. The van der Waals surface area contributed by atoms with E-state index in [0.717, 1.165) is 24.0 Å². The number of H-pyrrole nitrogens is 1. The molecule has 0 saturated carbocycles. The van der Waals surface area contributed by atoms with E-state index in [0.29, 0.717) is 36.0 Å². The summed E-state index contributed by atoms with van der Waals surface area (Å²) in [5.74, 6) is 0.0583. The molecule has 33 heavy (non-hydrogen) atoms. The number of aryl methyl sites for hydroxylation is 1. The summed E-state index contributed by atoms with van der Waals surface area (Å²) in [7, 11) is -3.55. The van der Waals surface area contributed by atoms with Gasteiger partial charge in [0.25, 0.3) is 5.91 Å². The zero-order valence-electron chi connectivity index (χ0n) is 18.9. The van der Waals surface area contributed by atoms with Crippen LogP contribution in [0.2, 0.25) is 0 Å². The van der Waals surface area contributed by atoms with Crippen molar-refractivity contribution in [2.45, 2.75) is 38.5 Å². The van der Waals surface area contributed by atoms with Crippen LogP contribution >= 0.6 is 0 Å². The number of carbonyl (C=O) groups is 1. The number of phenols is 1. The van der Waals surface area contributed by atoms with Gasteiger partial charge in [-0.05, 0) is 80.1 Å². The smallest absolute Gasteiger partial charge is 0.273 e. The van der Waals surface area contributed by atoms with Gasteiger partial charge in [0.2, 0.25) is 10.0 Å². The van der Waals surface area contributed by atoms with Gasteiger partial charge in [-0.1, -0.05) is 13.0 Å². The lowest BCUT2D eigenvalue weighted by Crippen LogP contribution is -2.39. The van der Waals surface area contributed by atoms with Gasteiger partial charge in [-0.15, -0.1) is 0 Å². The van der Waals surface area contributed by atoms with Gasteiger partial charge in [0, 0.05) is 24.3 Å². The van der Waals surface area contributed by atoms with Crippen LogP contribution in [0.1, 0.15) is 41.4 Å². The number of phenolic OH excluding ortho intramolecular Hbond substituents is 1. The molecule has 0 unspecified atom stereocenters. The monoisotopic (exact) mass is 468 g/mol. The molecular weight excluding hydrogens is 440 g/mol. The molecule has 1 aliphatic rings. The fraction of sp³-hybridized carbons (Fsp3) is 0.333. The molecule has 1 aromatic heterocycles. The summed E-state index contributed by atoms with van der Waals surface area (Å²) in [5, 5.41) is 20.0. The van der Waals surface area contributed by atoms with Crippen LogP contribution in [0.5, 0.6) is 5.75 Å². The van der Waals surface area contributed by atoms with Crippen LogP contribution in [0, 0.1) is 19.8 Å². The minimum Gasteiger partial charge on any atom is -0.507 e. The average molecular weight is 469 g/mol. The van der Waals surface area contributed by atoms with E-state index in [2.05, 4.69) is 22.4 Å². The minimum absolute atomic E-state index is 0.133. The van der Waals surface area contributed by atoms with E-state index >= 15 is 0 Å². The second-order valence-corrected chi connectivity index (χ2v) is 10.6. The number of hydrogen-bond acceptors (Lipinski definition) is 5. The molecule has 2 heterocycles. The Labute approximate surface area is 193 Å². The molecule has 0 aliphatic carbocycles. The van der Waals surface area contributed by atoms with Crippen molar-refractivity contribution >= 4 is 21.6 Å². The molecule has 1 amide bonds. The van der Waals surface area contributed by atoms with Gasteiger partial charge >= 0.3 is 0 Å². The molecule has 0 radical (unpaired) electrons. The summed E-state index contributed by atoms with van der Waals surface area (Å²) in [6.45, 7) is 6.85. The molecule has 9 heteroatoms. The standard InChI is InChI=1S/C24H28N4O4S/c1-15-5-4-12-28(14-15)33(31,32)19-9-7-18(8-10-19)25-24(30)22-13-21(26-27-22)20-11-6-16(2)17(3)23(20)29/h6-11,13,15,29H,4-5,12,14H2,1-3H3,(H,25,30)(H,26,27)/t15-/m0/s1. The van der Waals surface area contributed by atoms with Crippen molar-refractivity contribution in [2.24, 2.45) is 5.92 Å². The largest absolute Gasteiger partial charge is 0.507 e. The fourth-order valence-corrected chi connectivity index (χ4v) is 5.60. The van der Waals surface area contributed by atoms with Crippen LogP contribution < -0.4 is 5.32 Å². The highest BCUT2D eigenvalue weighted by Gasteiger charge is 2.28. The van der Waals surface area contributed by atoms with Crippen molar-refractivity contribution in [1.29, 1.82) is 0 Å². The first-order chi connectivity index (χ1) is 15.7. The number of anilines is 1. The number of amides is 1. The van der Waals surface area contributed by atoms with Crippen LogP contribution in [0.3, 0.4) is 0 Å². The first-order valence-electron chi connectivity index (χ1n) is 10.9. The zero-order valence-corrected chi connectivity index (χ0v) is 19.7. The molecule has 1 saturated heterocycles. The van der Waals surface area contributed by atoms with E-state index in [1.54, 1.807) is 24.3 Å². The van der Waals surface area contributed by atoms with Crippen LogP contribution in [-0.2, 0) is 10.0 Å². The predicted molar refractivity (Wildman–Crippen MR) is 127 cm³/mol. The summed E-state index contributed by atoms with van der Waals surface area (Å²) in [4.78, 5) is 12.9. The van der Waals surface area contributed by atoms with Crippen molar-refractivity contribution in [3.05, 3.63) is 59.3 Å². The maximum atomic E-state index is 12.9. The number of carbonyl (C=O) groups excluding carboxylic acids is 1. The molecule has 3 aromatic rings. The maximum absolute atomic E-state index is 12.9. The molecule has 1 fully saturated rings. The van der Waals surface area contributed by atoms with E-state index in [4.69, 9.17) is 0 Å². The lowest BCUT2D eigenvalue weighted by atomic mass is 10.0. The number of aromatic amines is 1. The second-order valence-electron chi connectivity index (χ2n) is 8.66. The number of sulfonamides is 1. The molecule has 8 nitrogen and oxygen atoms in total. The van der Waals surface area contributed by atoms with E-state index in [-0.39, 0.29) is 16.3 Å². The SMILES string of the molecule is Cc1ccc(-c2cc(C(=O)Nc3ccc(S(=O)(=O)N4CCC[C@H](C)C4)cc3)[nH]n2)c(O)c1C. The van der Waals surface area contributed by atoms with Crippen molar-refractivity contribution in [1.82, 2.24) is 14.5 Å². The lowest BCUT2D eigenvalue weighted by molar-refractivity contribution is 0.102. The van der Waals surface area contributed by atoms with E-state index in [1.807, 2.05) is 19.9 Å². The molecular formula is C24H28N4O4S. The number of nitrogens with one attached hydrogen (secondary N) is 2. The molecule has 4 rings (SSSR count). The normalized spacial score (nSPS) is 17.1. The van der Waals surface area contributed by atoms with Crippen molar-refractivity contribution in [3.63, 3.8) is 0 Å². The topological polar surface area (TPSA) is 115 Å². The van der Waals surface area contributed by atoms with E-state index in [9.17, 15) is 18.3 Å². The van der Waals surface area contributed by atoms with Gasteiger partial charge < -0.3 is 10.4 Å². The molecule has 0 bridgehead atoms. The molecule has 2 aromatic carbocycles. The highest BCUT2D eigenvalue weighted by Crippen LogP contribution is 2.33. The molecule has 0 spiro atoms. The minimum atomic E-state index is -3.55. The fourth-order valence-electron chi connectivity index (χ4n) is 4.01. The first-order valence-corrected chi connectivity index (χ1v) is 12.4. The Hall–Kier alpha value is -3.17. The molecule has 3 N–H and O–H groups in total. The summed E-state index contributed by atoms with van der Waals surface area (Å²) < 4.78 is 27.3. The Morgan fingerprint density at radius 3 is 2.61 bits per heavy atom. The van der Waals surface area contributed by atoms with Crippen molar-refractivity contribution < 1.29 is 18.3 Å². The molecule has 1 atom stereocenters. The Bertz CT molecular complexity index is 1280. The predicted octanol–water partition coefficient (Wildman–Crippen LogP) is 4.07. The van der Waals surface area contributed by atoms with Gasteiger partial charge in [0.05, 0.1) is 10.6 Å². The van der Waals surface area contributed by atoms with Crippen LogP contribution in [0.4, 0.5) is 5.69 Å². The summed E-state index contributed by atoms with van der Waals surface area (Å²) in [5.41, 5.74) is 3.41. The molecule has 174 valence electrons. The Morgan fingerprint density at radius 2 is 1.91 bits per heavy atom. The van der Waals surface area contributed by atoms with Gasteiger partial charge in [-0.3, -0.25) is 9.89 Å². The van der Waals surface area contributed by atoms with E-state index in [1.165, 1.54) is 16.4 Å². The Balaban J connectivity index is 1.47. The van der Waals surface area contributed by atoms with Crippen LogP contribution in [-0.4, -0.2) is 47.0 Å². The van der Waals surface area contributed by atoms with Gasteiger partial charge in [-0.2, -0.15) is 9.40 Å². The van der Waals surface area contributed by atoms with Crippen LogP contribution in [0.15, 0.2) is 47.4 Å². The first kappa shape index (κ1) is 23.0. The average Bonchev–Trinajstić information content (AvgIpc) is 3.28.